The SMILES string of the molecule is CCCOCC(=O)Nc1ccccc1C#CCO. The Kier molecular flexibility index (Phi) is 6.55. The summed E-state index contributed by atoms with van der Waals surface area (Å²) in [6.45, 7) is 2.38. The minimum atomic E-state index is -0.207. The third-order valence-corrected chi connectivity index (χ3v) is 2.08. The van der Waals surface area contributed by atoms with Crippen molar-refractivity contribution in [3.63, 3.8) is 0 Å². The van der Waals surface area contributed by atoms with Crippen LogP contribution >= 0.6 is 0 Å². The van der Waals surface area contributed by atoms with Gasteiger partial charge in [-0.3, -0.25) is 4.79 Å². The largest absolute Gasteiger partial charge is 0.384 e. The van der Waals surface area contributed by atoms with Gasteiger partial charge in [0.05, 0.1) is 5.69 Å². The fourth-order valence-corrected chi connectivity index (χ4v) is 1.33. The van der Waals surface area contributed by atoms with Gasteiger partial charge >= 0.3 is 0 Å². The summed E-state index contributed by atoms with van der Waals surface area (Å²) in [6, 6.07) is 7.18. The number of benzene rings is 1. The third kappa shape index (κ3) is 5.00. The van der Waals surface area contributed by atoms with E-state index < -0.39 is 0 Å². The van der Waals surface area contributed by atoms with Gasteiger partial charge in [-0.15, -0.1) is 0 Å². The Morgan fingerprint density at radius 3 is 2.94 bits per heavy atom. The average Bonchev–Trinajstić information content (AvgIpc) is 2.38. The van der Waals surface area contributed by atoms with Crippen LogP contribution < -0.4 is 5.32 Å². The van der Waals surface area contributed by atoms with Gasteiger partial charge < -0.3 is 15.2 Å². The maximum Gasteiger partial charge on any atom is 0.250 e. The fraction of sp³-hybridized carbons (Fsp3) is 0.357. The number of hydrogen-bond donors (Lipinski definition) is 2. The number of para-hydroxylation sites is 1. The highest BCUT2D eigenvalue weighted by molar-refractivity contribution is 5.93. The number of carbonyl (C=O) groups is 1. The summed E-state index contributed by atoms with van der Waals surface area (Å²) < 4.78 is 5.15. The highest BCUT2D eigenvalue weighted by Gasteiger charge is 2.04. The van der Waals surface area contributed by atoms with Crippen molar-refractivity contribution in [2.24, 2.45) is 0 Å². The Morgan fingerprint density at radius 1 is 1.44 bits per heavy atom. The number of nitrogens with one attached hydrogen (secondary N) is 1. The first kappa shape index (κ1) is 14.2. The lowest BCUT2D eigenvalue weighted by molar-refractivity contribution is -0.120. The van der Waals surface area contributed by atoms with Crippen LogP contribution in [0, 0.1) is 11.8 Å². The van der Waals surface area contributed by atoms with Crippen LogP contribution in [0.2, 0.25) is 0 Å². The van der Waals surface area contributed by atoms with E-state index in [1.54, 1.807) is 12.1 Å². The van der Waals surface area contributed by atoms with Crippen LogP contribution in [-0.2, 0) is 9.53 Å². The van der Waals surface area contributed by atoms with Gasteiger partial charge in [0.15, 0.2) is 0 Å². The van der Waals surface area contributed by atoms with Gasteiger partial charge in [-0.1, -0.05) is 30.9 Å². The van der Waals surface area contributed by atoms with Crippen LogP contribution in [0.4, 0.5) is 5.69 Å². The highest BCUT2D eigenvalue weighted by Crippen LogP contribution is 2.13. The molecule has 0 saturated carbocycles. The molecule has 1 amide bonds. The zero-order valence-corrected chi connectivity index (χ0v) is 10.4. The molecule has 2 N–H and O–H groups in total. The summed E-state index contributed by atoms with van der Waals surface area (Å²) in [4.78, 5) is 11.6. The molecule has 96 valence electrons. The van der Waals surface area contributed by atoms with E-state index in [4.69, 9.17) is 9.84 Å². The Labute approximate surface area is 107 Å². The summed E-state index contributed by atoms with van der Waals surface area (Å²) in [6.07, 6.45) is 0.881. The second-order valence-corrected chi connectivity index (χ2v) is 3.61. The first-order chi connectivity index (χ1) is 8.77. The van der Waals surface area contributed by atoms with Crippen molar-refractivity contribution in [2.75, 3.05) is 25.1 Å². The molecule has 0 saturated heterocycles. The predicted octanol–water partition coefficient (Wildman–Crippen LogP) is 1.40. The molecule has 1 rings (SSSR count). The molecule has 4 nitrogen and oxygen atoms in total. The number of aliphatic hydroxyl groups excluding tert-OH is 1. The van der Waals surface area contributed by atoms with E-state index in [1.165, 1.54) is 0 Å². The normalized spacial score (nSPS) is 9.44. The van der Waals surface area contributed by atoms with Gasteiger partial charge in [0, 0.05) is 12.2 Å². The summed E-state index contributed by atoms with van der Waals surface area (Å²) in [5.74, 6) is 5.13. The van der Waals surface area contributed by atoms with Crippen LogP contribution in [-0.4, -0.2) is 30.8 Å². The molecule has 0 spiro atoms. The number of ether oxygens (including phenoxy) is 1. The fourth-order valence-electron chi connectivity index (χ4n) is 1.33. The molecule has 0 fully saturated rings. The van der Waals surface area contributed by atoms with Crippen LogP contribution in [0.25, 0.3) is 0 Å². The molecule has 0 aliphatic heterocycles. The maximum absolute atomic E-state index is 11.6. The molecule has 0 bridgehead atoms. The van der Waals surface area contributed by atoms with Gasteiger partial charge in [0.25, 0.3) is 0 Å². The molecule has 0 heterocycles. The molecule has 0 radical (unpaired) electrons. The Balaban J connectivity index is 2.63. The smallest absolute Gasteiger partial charge is 0.250 e. The maximum atomic E-state index is 11.6. The van der Waals surface area contributed by atoms with Crippen LogP contribution in [0.5, 0.6) is 0 Å². The molecule has 0 aliphatic rings. The lowest BCUT2D eigenvalue weighted by Gasteiger charge is -2.07. The molecule has 18 heavy (non-hydrogen) atoms. The van der Waals surface area contributed by atoms with E-state index in [2.05, 4.69) is 17.2 Å². The van der Waals surface area contributed by atoms with Crippen molar-refractivity contribution in [3.8, 4) is 11.8 Å². The summed E-state index contributed by atoms with van der Waals surface area (Å²) in [5.41, 5.74) is 1.30. The zero-order chi connectivity index (χ0) is 13.2. The van der Waals surface area contributed by atoms with Gasteiger partial charge in [0.1, 0.15) is 13.2 Å². The zero-order valence-electron chi connectivity index (χ0n) is 10.4. The first-order valence-electron chi connectivity index (χ1n) is 5.84. The molecule has 0 atom stereocenters. The van der Waals surface area contributed by atoms with Gasteiger partial charge in [-0.2, -0.15) is 0 Å². The highest BCUT2D eigenvalue weighted by atomic mass is 16.5. The molecule has 1 aromatic carbocycles. The molecular formula is C14H17NO3. The van der Waals surface area contributed by atoms with Crippen molar-refractivity contribution >= 4 is 11.6 Å². The van der Waals surface area contributed by atoms with Crippen molar-refractivity contribution < 1.29 is 14.6 Å². The minimum absolute atomic E-state index is 0.0373. The second kappa shape index (κ2) is 8.29. The molecule has 1 aromatic rings. The lowest BCUT2D eigenvalue weighted by Crippen LogP contribution is -2.19. The van der Waals surface area contributed by atoms with Crippen molar-refractivity contribution in [3.05, 3.63) is 29.8 Å². The van der Waals surface area contributed by atoms with Gasteiger partial charge in [0.2, 0.25) is 5.91 Å². The van der Waals surface area contributed by atoms with E-state index in [-0.39, 0.29) is 19.1 Å². The molecule has 0 aliphatic carbocycles. The Morgan fingerprint density at radius 2 is 2.22 bits per heavy atom. The summed E-state index contributed by atoms with van der Waals surface area (Å²) in [5, 5.41) is 11.4. The van der Waals surface area contributed by atoms with E-state index in [1.807, 2.05) is 19.1 Å². The number of hydrogen-bond acceptors (Lipinski definition) is 3. The number of aliphatic hydroxyl groups is 1. The topological polar surface area (TPSA) is 58.6 Å². The Hall–Kier alpha value is -1.83. The third-order valence-electron chi connectivity index (χ3n) is 2.08. The lowest BCUT2D eigenvalue weighted by atomic mass is 10.2. The molecule has 0 unspecified atom stereocenters. The first-order valence-corrected chi connectivity index (χ1v) is 5.84. The van der Waals surface area contributed by atoms with Crippen LogP contribution in [0.3, 0.4) is 0 Å². The molecule has 4 heteroatoms. The van der Waals surface area contributed by atoms with E-state index in [0.29, 0.717) is 17.9 Å². The monoisotopic (exact) mass is 247 g/mol. The summed E-state index contributed by atoms with van der Waals surface area (Å²) >= 11 is 0. The van der Waals surface area contributed by atoms with Gasteiger partial charge in [-0.25, -0.2) is 0 Å². The van der Waals surface area contributed by atoms with E-state index in [0.717, 1.165) is 6.42 Å². The second-order valence-electron chi connectivity index (χ2n) is 3.61. The number of rotatable bonds is 5. The van der Waals surface area contributed by atoms with Crippen molar-refractivity contribution in [1.82, 2.24) is 0 Å². The van der Waals surface area contributed by atoms with Crippen LogP contribution in [0.1, 0.15) is 18.9 Å². The van der Waals surface area contributed by atoms with Crippen LogP contribution in [0.15, 0.2) is 24.3 Å². The summed E-state index contributed by atoms with van der Waals surface area (Å²) in [7, 11) is 0. The quantitative estimate of drug-likeness (QED) is 0.610. The number of amides is 1. The average molecular weight is 247 g/mol. The standard InChI is InChI=1S/C14H17NO3/c1-2-10-18-11-14(17)15-13-8-4-3-6-12(13)7-5-9-16/h3-4,6,8,16H,2,9-11H2,1H3,(H,15,17). The molecular weight excluding hydrogens is 230 g/mol. The van der Waals surface area contributed by atoms with Crippen molar-refractivity contribution in [2.45, 2.75) is 13.3 Å². The van der Waals surface area contributed by atoms with E-state index in [9.17, 15) is 4.79 Å². The number of anilines is 1. The van der Waals surface area contributed by atoms with E-state index >= 15 is 0 Å². The van der Waals surface area contributed by atoms with Gasteiger partial charge in [-0.05, 0) is 18.6 Å². The number of carbonyl (C=O) groups excluding carboxylic acids is 1. The van der Waals surface area contributed by atoms with Crippen molar-refractivity contribution in [1.29, 1.82) is 0 Å². The predicted molar refractivity (Wildman–Crippen MR) is 70.1 cm³/mol. The Bertz CT molecular complexity index is 446. The molecule has 0 aromatic heterocycles. The minimum Gasteiger partial charge on any atom is -0.384 e.